The van der Waals surface area contributed by atoms with Crippen molar-refractivity contribution in [3.8, 4) is 0 Å². The topological polar surface area (TPSA) is 46.6 Å². The minimum Gasteiger partial charge on any atom is -0.434 e. The molecule has 4 heteroatoms. The van der Waals surface area contributed by atoms with Crippen molar-refractivity contribution in [1.29, 1.82) is 0 Å². The van der Waals surface area contributed by atoms with E-state index >= 15 is 0 Å². The fraction of sp³-hybridized carbons (Fsp3) is 0.176. The van der Waals surface area contributed by atoms with Gasteiger partial charge in [-0.05, 0) is 18.2 Å². The number of carbonyl (C=O) groups excluding carboxylic acids is 2. The second kappa shape index (κ2) is 4.19. The van der Waals surface area contributed by atoms with E-state index in [1.54, 1.807) is 11.0 Å². The Balaban J connectivity index is 1.95. The van der Waals surface area contributed by atoms with Crippen LogP contribution < -0.4 is 4.90 Å². The molecule has 2 heterocycles. The number of hydrogen-bond donors (Lipinski definition) is 0. The van der Waals surface area contributed by atoms with Crippen molar-refractivity contribution in [2.24, 2.45) is 0 Å². The summed E-state index contributed by atoms with van der Waals surface area (Å²) in [6.07, 6.45) is 0.814. The molecule has 1 saturated heterocycles. The van der Waals surface area contributed by atoms with Gasteiger partial charge in [-0.2, -0.15) is 0 Å². The Bertz CT molecular complexity index is 741. The summed E-state index contributed by atoms with van der Waals surface area (Å²) >= 11 is 0. The maximum Gasteiger partial charge on any atom is 0.308 e. The van der Waals surface area contributed by atoms with Gasteiger partial charge in [-0.3, -0.25) is 14.5 Å². The molecule has 104 valence electrons. The summed E-state index contributed by atoms with van der Waals surface area (Å²) in [6.45, 7) is 0. The van der Waals surface area contributed by atoms with E-state index in [1.165, 1.54) is 0 Å². The van der Waals surface area contributed by atoms with E-state index in [9.17, 15) is 9.59 Å². The molecule has 1 amide bonds. The maximum absolute atomic E-state index is 12.8. The number of esters is 1. The van der Waals surface area contributed by atoms with Crippen molar-refractivity contribution in [3.63, 3.8) is 0 Å². The Morgan fingerprint density at radius 3 is 2.38 bits per heavy atom. The lowest BCUT2D eigenvalue weighted by Crippen LogP contribution is -2.43. The van der Waals surface area contributed by atoms with Crippen molar-refractivity contribution in [2.45, 2.75) is 18.6 Å². The van der Waals surface area contributed by atoms with Crippen LogP contribution in [0.2, 0.25) is 0 Å². The van der Waals surface area contributed by atoms with Crippen LogP contribution in [0.3, 0.4) is 0 Å². The lowest BCUT2D eigenvalue weighted by atomic mass is 9.98. The average molecular weight is 279 g/mol. The zero-order valence-corrected chi connectivity index (χ0v) is 11.3. The number of carbonyl (C=O) groups is 2. The van der Waals surface area contributed by atoms with Crippen LogP contribution >= 0.6 is 0 Å². The minimum atomic E-state index is -0.980. The summed E-state index contributed by atoms with van der Waals surface area (Å²) in [6, 6.07) is 16.7. The molecule has 0 aromatic heterocycles. The fourth-order valence-corrected chi connectivity index (χ4v) is 3.23. The van der Waals surface area contributed by atoms with Gasteiger partial charge in [0, 0.05) is 23.2 Å². The lowest BCUT2D eigenvalue weighted by molar-refractivity contribution is -0.148. The Kier molecular flexibility index (Phi) is 2.42. The van der Waals surface area contributed by atoms with Gasteiger partial charge in [-0.15, -0.1) is 0 Å². The molecular formula is C17H13NO3. The van der Waals surface area contributed by atoms with Gasteiger partial charge in [-0.25, -0.2) is 0 Å². The van der Waals surface area contributed by atoms with E-state index in [-0.39, 0.29) is 11.9 Å². The molecule has 4 nitrogen and oxygen atoms in total. The molecule has 1 unspecified atom stereocenters. The predicted octanol–water partition coefficient (Wildman–Crippen LogP) is 2.84. The number of rotatable bonds is 1. The third-order valence-electron chi connectivity index (χ3n) is 4.11. The van der Waals surface area contributed by atoms with Crippen LogP contribution in [0.1, 0.15) is 28.8 Å². The monoisotopic (exact) mass is 279 g/mol. The fourth-order valence-electron chi connectivity index (χ4n) is 3.23. The van der Waals surface area contributed by atoms with E-state index in [4.69, 9.17) is 4.74 Å². The number of fused-ring (bicyclic) bond motifs is 2. The lowest BCUT2D eigenvalue weighted by Gasteiger charge is -2.33. The SMILES string of the molecule is O=C1CCC2(O1)c1ccccc1C(=O)N2c1ccccc1. The zero-order valence-electron chi connectivity index (χ0n) is 11.3. The number of hydrogen-bond acceptors (Lipinski definition) is 3. The van der Waals surface area contributed by atoms with Gasteiger partial charge in [0.15, 0.2) is 0 Å². The normalized spacial score (nSPS) is 23.5. The predicted molar refractivity (Wildman–Crippen MR) is 76.7 cm³/mol. The van der Waals surface area contributed by atoms with Crippen LogP contribution in [0.15, 0.2) is 54.6 Å². The number of ether oxygens (including phenoxy) is 1. The minimum absolute atomic E-state index is 0.119. The molecule has 1 atom stereocenters. The van der Waals surface area contributed by atoms with E-state index in [0.29, 0.717) is 18.4 Å². The Hall–Kier alpha value is -2.62. The molecule has 0 bridgehead atoms. The van der Waals surface area contributed by atoms with E-state index in [1.807, 2.05) is 48.5 Å². The molecule has 0 aliphatic carbocycles. The third-order valence-corrected chi connectivity index (χ3v) is 4.11. The Labute approximate surface area is 121 Å². The summed E-state index contributed by atoms with van der Waals surface area (Å²) in [5.74, 6) is -0.382. The average Bonchev–Trinajstić information content (AvgIpc) is 3.01. The highest BCUT2D eigenvalue weighted by atomic mass is 16.6. The quantitative estimate of drug-likeness (QED) is 0.754. The second-order valence-corrected chi connectivity index (χ2v) is 5.28. The molecule has 1 spiro atoms. The molecular weight excluding hydrogens is 266 g/mol. The molecule has 2 aliphatic heterocycles. The molecule has 1 fully saturated rings. The first kappa shape index (κ1) is 12.1. The van der Waals surface area contributed by atoms with Crippen molar-refractivity contribution in [1.82, 2.24) is 0 Å². The van der Waals surface area contributed by atoms with Gasteiger partial charge >= 0.3 is 5.97 Å². The smallest absolute Gasteiger partial charge is 0.308 e. The van der Waals surface area contributed by atoms with Crippen molar-refractivity contribution < 1.29 is 14.3 Å². The summed E-state index contributed by atoms with van der Waals surface area (Å²) in [4.78, 5) is 26.2. The number of para-hydroxylation sites is 1. The molecule has 0 saturated carbocycles. The van der Waals surface area contributed by atoms with Crippen molar-refractivity contribution >= 4 is 17.6 Å². The Morgan fingerprint density at radius 1 is 0.952 bits per heavy atom. The number of nitrogens with zero attached hydrogens (tertiary/aromatic N) is 1. The summed E-state index contributed by atoms with van der Waals surface area (Å²) < 4.78 is 5.64. The molecule has 2 aromatic rings. The first-order valence-corrected chi connectivity index (χ1v) is 6.93. The van der Waals surface area contributed by atoms with Crippen LogP contribution in [0.4, 0.5) is 5.69 Å². The van der Waals surface area contributed by atoms with E-state index in [0.717, 1.165) is 11.3 Å². The number of anilines is 1. The van der Waals surface area contributed by atoms with Gasteiger partial charge in [0.2, 0.25) is 5.72 Å². The molecule has 21 heavy (non-hydrogen) atoms. The van der Waals surface area contributed by atoms with Crippen LogP contribution in [-0.4, -0.2) is 11.9 Å². The van der Waals surface area contributed by atoms with Crippen molar-refractivity contribution in [2.75, 3.05) is 4.90 Å². The molecule has 2 aromatic carbocycles. The van der Waals surface area contributed by atoms with Crippen LogP contribution in [0, 0.1) is 0 Å². The summed E-state index contributed by atoms with van der Waals surface area (Å²) in [7, 11) is 0. The summed E-state index contributed by atoms with van der Waals surface area (Å²) in [5, 5.41) is 0. The first-order chi connectivity index (χ1) is 10.2. The van der Waals surface area contributed by atoms with Crippen LogP contribution in [0.25, 0.3) is 0 Å². The molecule has 4 rings (SSSR count). The van der Waals surface area contributed by atoms with Crippen LogP contribution in [0.5, 0.6) is 0 Å². The van der Waals surface area contributed by atoms with Gasteiger partial charge in [-0.1, -0.05) is 36.4 Å². The van der Waals surface area contributed by atoms with Gasteiger partial charge in [0.25, 0.3) is 5.91 Å². The highest BCUT2D eigenvalue weighted by Crippen LogP contribution is 2.48. The second-order valence-electron chi connectivity index (χ2n) is 5.28. The maximum atomic E-state index is 12.8. The third kappa shape index (κ3) is 1.56. The van der Waals surface area contributed by atoms with Gasteiger partial charge in [0.05, 0.1) is 6.42 Å². The molecule has 2 aliphatic rings. The van der Waals surface area contributed by atoms with Gasteiger partial charge in [0.1, 0.15) is 0 Å². The summed E-state index contributed by atoms with van der Waals surface area (Å²) in [5.41, 5.74) is 1.15. The standard InChI is InChI=1S/C17H13NO3/c19-15-10-11-17(21-15)14-9-5-4-8-13(14)16(20)18(17)12-6-2-1-3-7-12/h1-9H,10-11H2. The highest BCUT2D eigenvalue weighted by molar-refractivity contribution is 6.12. The number of benzene rings is 2. The zero-order chi connectivity index (χ0) is 14.4. The largest absolute Gasteiger partial charge is 0.434 e. The first-order valence-electron chi connectivity index (χ1n) is 6.93. The van der Waals surface area contributed by atoms with Crippen molar-refractivity contribution in [3.05, 3.63) is 65.7 Å². The number of amides is 1. The van der Waals surface area contributed by atoms with E-state index in [2.05, 4.69) is 0 Å². The Morgan fingerprint density at radius 2 is 1.67 bits per heavy atom. The van der Waals surface area contributed by atoms with Crippen LogP contribution in [-0.2, 0) is 15.3 Å². The highest BCUT2D eigenvalue weighted by Gasteiger charge is 2.56. The molecule has 0 radical (unpaired) electrons. The molecule has 0 N–H and O–H groups in total. The van der Waals surface area contributed by atoms with E-state index < -0.39 is 5.72 Å². The van der Waals surface area contributed by atoms with Gasteiger partial charge < -0.3 is 4.74 Å².